The zero-order valence-corrected chi connectivity index (χ0v) is 27.0. The smallest absolute Gasteiger partial charge is 0.473 e. The molecule has 0 aliphatic rings. The number of aryl methyl sites for hydroxylation is 1. The Bertz CT molecular complexity index is 1550. The first kappa shape index (κ1) is 32.1. The van der Waals surface area contributed by atoms with Gasteiger partial charge in [-0.05, 0) is 46.1 Å². The summed E-state index contributed by atoms with van der Waals surface area (Å²) in [7, 11) is -3.88. The molecule has 0 amide bonds. The second-order valence-electron chi connectivity index (χ2n) is 9.28. The topological polar surface area (TPSA) is 140 Å². The Morgan fingerprint density at radius 3 is 2.20 bits per heavy atom. The summed E-state index contributed by atoms with van der Waals surface area (Å²) in [4.78, 5) is 16.7. The predicted octanol–water partition coefficient (Wildman–Crippen LogP) is 2.37. The van der Waals surface area contributed by atoms with Gasteiger partial charge in [-0.1, -0.05) is 55.8 Å². The van der Waals surface area contributed by atoms with E-state index in [9.17, 15) is 13.9 Å². The summed E-state index contributed by atoms with van der Waals surface area (Å²) in [6.07, 6.45) is 4.38. The maximum atomic E-state index is 13.4. The molecule has 0 aliphatic heterocycles. The van der Waals surface area contributed by atoms with Crippen LogP contribution >= 0.6 is 15.9 Å². The molecule has 2 aromatic carbocycles. The molecule has 2 N–H and O–H groups in total. The van der Waals surface area contributed by atoms with Crippen molar-refractivity contribution in [2.75, 3.05) is 19.8 Å². The van der Waals surface area contributed by atoms with Crippen molar-refractivity contribution in [3.8, 4) is 23.0 Å². The number of nitrogens with zero attached hydrogens (tertiary/aromatic N) is 5. The number of rotatable bonds is 10. The molecule has 0 fully saturated rings. The van der Waals surface area contributed by atoms with Crippen molar-refractivity contribution in [1.29, 1.82) is 0 Å². The Hall–Kier alpha value is -2.45. The van der Waals surface area contributed by atoms with E-state index in [0.717, 1.165) is 15.6 Å². The third-order valence-corrected chi connectivity index (χ3v) is 7.55. The van der Waals surface area contributed by atoms with E-state index in [-0.39, 0.29) is 72.0 Å². The number of aromatic nitrogens is 4. The van der Waals surface area contributed by atoms with Crippen LogP contribution in [0.25, 0.3) is 11.1 Å². The average Bonchev–Trinajstić information content (AvgIpc) is 2.93. The summed E-state index contributed by atoms with van der Waals surface area (Å²) in [5, 5.41) is 9.63. The number of hydrogen-bond donors (Lipinski definition) is 2. The van der Waals surface area contributed by atoms with Crippen molar-refractivity contribution in [3.05, 3.63) is 82.9 Å². The Balaban J connectivity index is 0.00000441. The van der Waals surface area contributed by atoms with Crippen LogP contribution in [0.15, 0.2) is 81.0 Å². The Morgan fingerprint density at radius 1 is 0.950 bits per heavy atom. The molecule has 2 heterocycles. The van der Waals surface area contributed by atoms with Crippen LogP contribution in [0.1, 0.15) is 25.0 Å². The molecule has 204 valence electrons. The summed E-state index contributed by atoms with van der Waals surface area (Å²) in [6, 6.07) is 14.2. The van der Waals surface area contributed by atoms with Crippen molar-refractivity contribution in [2.45, 2.75) is 31.1 Å². The van der Waals surface area contributed by atoms with Gasteiger partial charge in [0.2, 0.25) is 5.88 Å². The van der Waals surface area contributed by atoms with Crippen LogP contribution in [0.4, 0.5) is 5.82 Å². The zero-order valence-electron chi connectivity index (χ0n) is 22.6. The Kier molecular flexibility index (Phi) is 11.2. The van der Waals surface area contributed by atoms with Crippen LogP contribution in [0, 0.1) is 6.92 Å². The van der Waals surface area contributed by atoms with Crippen LogP contribution in [0.5, 0.6) is 11.9 Å². The molecule has 1 unspecified atom stereocenters. The second kappa shape index (κ2) is 13.9. The van der Waals surface area contributed by atoms with Crippen LogP contribution in [-0.2, 0) is 15.4 Å². The Labute approximate surface area is 264 Å². The van der Waals surface area contributed by atoms with Gasteiger partial charge in [0.15, 0.2) is 15.8 Å². The SMILES string of the molecule is Cc1ccc(-c2c(N=S(=O)(O)c3ccc(C(C)(C)CO)cc3)ncnc2OCCOc2ncc(Br)cn2)cc1.[Na+]. The molecular formula is C27H28BrN5NaO5S+. The number of halogens is 1. The van der Waals surface area contributed by atoms with Gasteiger partial charge >= 0.3 is 35.6 Å². The molecular weight excluding hydrogens is 609 g/mol. The molecule has 0 bridgehead atoms. The van der Waals surface area contributed by atoms with Crippen LogP contribution in [0.3, 0.4) is 0 Å². The molecule has 2 aromatic heterocycles. The summed E-state index contributed by atoms with van der Waals surface area (Å²) < 4.78 is 40.6. The van der Waals surface area contributed by atoms with Gasteiger partial charge in [-0.2, -0.15) is 4.36 Å². The molecule has 0 saturated heterocycles. The minimum Gasteiger partial charge on any atom is -0.473 e. The monoisotopic (exact) mass is 636 g/mol. The molecule has 0 spiro atoms. The first-order valence-electron chi connectivity index (χ1n) is 12.0. The van der Waals surface area contributed by atoms with Crippen molar-refractivity contribution >= 4 is 31.8 Å². The first-order chi connectivity index (χ1) is 18.6. The normalized spacial score (nSPS) is 12.7. The molecule has 1 atom stereocenters. The van der Waals surface area contributed by atoms with E-state index in [0.29, 0.717) is 11.1 Å². The molecule has 40 heavy (non-hydrogen) atoms. The van der Waals surface area contributed by atoms with Crippen molar-refractivity contribution in [3.63, 3.8) is 0 Å². The van der Waals surface area contributed by atoms with Gasteiger partial charge in [0, 0.05) is 17.8 Å². The van der Waals surface area contributed by atoms with Gasteiger partial charge < -0.3 is 14.6 Å². The van der Waals surface area contributed by atoms with E-state index in [1.807, 2.05) is 45.0 Å². The van der Waals surface area contributed by atoms with Gasteiger partial charge in [-0.3, -0.25) is 4.55 Å². The fraction of sp³-hybridized carbons (Fsp3) is 0.259. The predicted molar refractivity (Wildman–Crippen MR) is 151 cm³/mol. The zero-order chi connectivity index (χ0) is 28.0. The van der Waals surface area contributed by atoms with E-state index in [1.165, 1.54) is 18.5 Å². The van der Waals surface area contributed by atoms with Crippen molar-refractivity contribution in [2.24, 2.45) is 4.36 Å². The molecule has 13 heteroatoms. The first-order valence-corrected chi connectivity index (χ1v) is 14.2. The maximum absolute atomic E-state index is 13.4. The molecule has 4 rings (SSSR count). The fourth-order valence-corrected chi connectivity index (χ4v) is 4.68. The van der Waals surface area contributed by atoms with E-state index in [1.54, 1.807) is 24.5 Å². The second-order valence-corrected chi connectivity index (χ2v) is 11.8. The number of benzene rings is 2. The minimum atomic E-state index is -3.88. The molecule has 0 saturated carbocycles. The van der Waals surface area contributed by atoms with Crippen molar-refractivity contribution in [1.82, 2.24) is 19.9 Å². The number of hydrogen-bond acceptors (Lipinski definition) is 9. The fourth-order valence-electron chi connectivity index (χ4n) is 3.50. The van der Waals surface area contributed by atoms with Crippen molar-refractivity contribution < 1.29 is 52.9 Å². The minimum absolute atomic E-state index is 0. The Morgan fingerprint density at radius 2 is 1.57 bits per heavy atom. The van der Waals surface area contributed by atoms with Gasteiger partial charge in [-0.25, -0.2) is 24.1 Å². The molecule has 10 nitrogen and oxygen atoms in total. The largest absolute Gasteiger partial charge is 1.00 e. The number of aliphatic hydroxyl groups is 1. The summed E-state index contributed by atoms with van der Waals surface area (Å²) in [5.41, 5.74) is 2.42. The number of ether oxygens (including phenoxy) is 2. The van der Waals surface area contributed by atoms with Crippen LogP contribution < -0.4 is 39.0 Å². The number of aliphatic hydroxyl groups excluding tert-OH is 1. The summed E-state index contributed by atoms with van der Waals surface area (Å²) in [5.74, 6) is 0.191. The van der Waals surface area contributed by atoms with Gasteiger partial charge in [0.05, 0.1) is 21.5 Å². The van der Waals surface area contributed by atoms with Crippen LogP contribution in [0.2, 0.25) is 0 Å². The summed E-state index contributed by atoms with van der Waals surface area (Å²) >= 11 is 3.27. The average molecular weight is 638 g/mol. The molecule has 0 aliphatic carbocycles. The van der Waals surface area contributed by atoms with Gasteiger partial charge in [0.1, 0.15) is 19.5 Å². The van der Waals surface area contributed by atoms with Gasteiger partial charge in [0.25, 0.3) is 0 Å². The third kappa shape index (κ3) is 8.06. The maximum Gasteiger partial charge on any atom is 1.00 e. The van der Waals surface area contributed by atoms with E-state index >= 15 is 0 Å². The van der Waals surface area contributed by atoms with Gasteiger partial charge in [-0.15, -0.1) is 0 Å². The standard InChI is InChI=1S/C27H28BrN5O5S.Na/c1-18-4-6-19(7-5-18)23-24(33-39(35,36)22-10-8-20(9-11-22)27(2,3)16-34)31-17-32-25(23)37-12-13-38-26-29-14-21(28)15-30-26;/h4-11,14-15,17,34H,12-13,16H2,1-3H3,(H,31,32,33,35,36);/q;+1. The van der Waals surface area contributed by atoms with Crippen LogP contribution in [-0.4, -0.2) is 53.6 Å². The third-order valence-electron chi connectivity index (χ3n) is 5.83. The molecule has 4 aromatic rings. The van der Waals surface area contributed by atoms with E-state index in [2.05, 4.69) is 40.2 Å². The quantitative estimate of drug-likeness (QED) is 0.198. The van der Waals surface area contributed by atoms with E-state index in [4.69, 9.17) is 9.47 Å². The summed E-state index contributed by atoms with van der Waals surface area (Å²) in [6.45, 7) is 5.91. The molecule has 0 radical (unpaired) electrons. The van der Waals surface area contributed by atoms with E-state index < -0.39 is 15.4 Å².